The van der Waals surface area contributed by atoms with Crippen molar-refractivity contribution in [3.63, 3.8) is 0 Å². The Morgan fingerprint density at radius 2 is 1.75 bits per heavy atom. The van der Waals surface area contributed by atoms with Gasteiger partial charge in [0.25, 0.3) is 0 Å². The fourth-order valence-electron chi connectivity index (χ4n) is 2.44. The molecule has 0 aliphatic heterocycles. The van der Waals surface area contributed by atoms with Gasteiger partial charge in [-0.3, -0.25) is 4.79 Å². The molecular weight excluding hydrogens is 514 g/mol. The maximum atomic E-state index is 12.6. The van der Waals surface area contributed by atoms with Gasteiger partial charge in [0, 0.05) is 20.6 Å². The highest BCUT2D eigenvalue weighted by molar-refractivity contribution is 9.10. The lowest BCUT2D eigenvalue weighted by atomic mass is 10.1. The van der Waals surface area contributed by atoms with Gasteiger partial charge >= 0.3 is 5.97 Å². The van der Waals surface area contributed by atoms with Crippen molar-refractivity contribution in [2.75, 3.05) is 0 Å². The molecule has 0 radical (unpaired) electrons. The quantitative estimate of drug-likeness (QED) is 0.430. The lowest BCUT2D eigenvalue weighted by Crippen LogP contribution is -2.27. The molecule has 1 aliphatic carbocycles. The van der Waals surface area contributed by atoms with Gasteiger partial charge in [-0.05, 0) is 66.0 Å². The molecule has 1 N–H and O–H groups in total. The third kappa shape index (κ3) is 5.08. The van der Waals surface area contributed by atoms with E-state index in [-0.39, 0.29) is 22.3 Å². The first-order valence-corrected chi connectivity index (χ1v) is 11.6. The van der Waals surface area contributed by atoms with Crippen LogP contribution in [0.5, 0.6) is 0 Å². The van der Waals surface area contributed by atoms with E-state index in [9.17, 15) is 18.0 Å². The number of rotatable bonds is 7. The minimum Gasteiger partial charge on any atom is -0.451 e. The van der Waals surface area contributed by atoms with E-state index in [1.165, 1.54) is 25.1 Å². The van der Waals surface area contributed by atoms with E-state index in [1.54, 1.807) is 24.3 Å². The van der Waals surface area contributed by atoms with E-state index in [2.05, 4.69) is 36.6 Å². The van der Waals surface area contributed by atoms with E-state index < -0.39 is 22.1 Å². The van der Waals surface area contributed by atoms with Gasteiger partial charge in [-0.2, -0.15) is 0 Å². The number of hydrogen-bond donors (Lipinski definition) is 1. The Balaban J connectivity index is 1.77. The van der Waals surface area contributed by atoms with E-state index in [1.807, 2.05) is 0 Å². The number of carbonyl (C=O) groups excluding carboxylic acids is 2. The van der Waals surface area contributed by atoms with Crippen LogP contribution in [0.25, 0.3) is 0 Å². The molecular formula is C19H17Br2NO5S. The maximum Gasteiger partial charge on any atom is 0.340 e. The molecule has 0 amide bonds. The van der Waals surface area contributed by atoms with Crippen LogP contribution in [0.4, 0.5) is 0 Å². The second-order valence-corrected chi connectivity index (χ2v) is 9.94. The van der Waals surface area contributed by atoms with Crippen LogP contribution >= 0.6 is 31.9 Å². The predicted molar refractivity (Wildman–Crippen MR) is 111 cm³/mol. The summed E-state index contributed by atoms with van der Waals surface area (Å²) in [5.74, 6) is -1.13. The standard InChI is InChI=1S/C19H17Br2NO5S/c1-11(18(23)12-2-4-13(20)5-3-12)27-19(24)16-10-15(8-9-17(16)21)28(25,26)22-14-6-7-14/h2-5,8-11,14,22H,6-7H2,1H3/t11-/m1/s1. The lowest BCUT2D eigenvalue weighted by molar-refractivity contribution is 0.0317. The Kier molecular flexibility index (Phi) is 6.38. The van der Waals surface area contributed by atoms with Crippen molar-refractivity contribution >= 4 is 53.6 Å². The molecule has 1 fully saturated rings. The Hall–Kier alpha value is -1.55. The largest absolute Gasteiger partial charge is 0.451 e. The molecule has 9 heteroatoms. The second kappa shape index (κ2) is 8.44. The summed E-state index contributed by atoms with van der Waals surface area (Å²) in [6.07, 6.45) is 0.589. The number of carbonyl (C=O) groups is 2. The number of nitrogens with one attached hydrogen (secondary N) is 1. The predicted octanol–water partition coefficient (Wildman–Crippen LogP) is 4.08. The molecule has 148 valence electrons. The summed E-state index contributed by atoms with van der Waals surface area (Å²) in [5.41, 5.74) is 0.446. The van der Waals surface area contributed by atoms with Gasteiger partial charge in [0.1, 0.15) is 0 Å². The number of benzene rings is 2. The topological polar surface area (TPSA) is 89.5 Å². The molecule has 0 saturated heterocycles. The molecule has 6 nitrogen and oxygen atoms in total. The normalized spacial score (nSPS) is 15.1. The Bertz CT molecular complexity index is 1020. The van der Waals surface area contributed by atoms with Crippen molar-refractivity contribution in [3.8, 4) is 0 Å². The summed E-state index contributed by atoms with van der Waals surface area (Å²) in [6.45, 7) is 1.48. The van der Waals surface area contributed by atoms with E-state index in [4.69, 9.17) is 4.74 Å². The molecule has 1 saturated carbocycles. The highest BCUT2D eigenvalue weighted by Gasteiger charge is 2.29. The van der Waals surface area contributed by atoms with Crippen molar-refractivity contribution in [2.24, 2.45) is 0 Å². The lowest BCUT2D eigenvalue weighted by Gasteiger charge is -2.14. The van der Waals surface area contributed by atoms with Crippen molar-refractivity contribution in [1.82, 2.24) is 4.72 Å². The molecule has 0 aromatic heterocycles. The molecule has 1 atom stereocenters. The highest BCUT2D eigenvalue weighted by atomic mass is 79.9. The second-order valence-electron chi connectivity index (χ2n) is 6.46. The fourth-order valence-corrected chi connectivity index (χ4v) is 4.45. The molecule has 0 bridgehead atoms. The summed E-state index contributed by atoms with van der Waals surface area (Å²) >= 11 is 6.53. The van der Waals surface area contributed by atoms with Gasteiger partial charge in [0.05, 0.1) is 10.5 Å². The van der Waals surface area contributed by atoms with E-state index in [0.29, 0.717) is 10.0 Å². The van der Waals surface area contributed by atoms with Gasteiger partial charge in [0.2, 0.25) is 15.8 Å². The molecule has 2 aromatic carbocycles. The summed E-state index contributed by atoms with van der Waals surface area (Å²) in [5, 5.41) is 0. The number of ether oxygens (including phenoxy) is 1. The van der Waals surface area contributed by atoms with Crippen LogP contribution in [-0.2, 0) is 14.8 Å². The number of Topliss-reactive ketones (excluding diaryl/α,β-unsaturated/α-hetero) is 1. The van der Waals surface area contributed by atoms with Gasteiger partial charge in [-0.1, -0.05) is 28.1 Å². The van der Waals surface area contributed by atoms with Gasteiger partial charge in [-0.15, -0.1) is 0 Å². The van der Waals surface area contributed by atoms with Crippen molar-refractivity contribution in [1.29, 1.82) is 0 Å². The SMILES string of the molecule is C[C@@H](OC(=O)c1cc(S(=O)(=O)NC2CC2)ccc1Br)C(=O)c1ccc(Br)cc1. The first-order chi connectivity index (χ1) is 13.2. The zero-order valence-electron chi connectivity index (χ0n) is 14.8. The molecule has 1 aliphatic rings. The summed E-state index contributed by atoms with van der Waals surface area (Å²) in [4.78, 5) is 25.0. The number of hydrogen-bond acceptors (Lipinski definition) is 5. The van der Waals surface area contributed by atoms with Gasteiger partial charge in [-0.25, -0.2) is 17.9 Å². The van der Waals surface area contributed by atoms with Crippen LogP contribution in [0.2, 0.25) is 0 Å². The number of sulfonamides is 1. The minimum atomic E-state index is -3.71. The van der Waals surface area contributed by atoms with Crippen molar-refractivity contribution < 1.29 is 22.7 Å². The molecule has 0 heterocycles. The molecule has 0 unspecified atom stereocenters. The summed E-state index contributed by atoms with van der Waals surface area (Å²) < 4.78 is 33.8. The Labute approximate surface area is 180 Å². The molecule has 3 rings (SSSR count). The fraction of sp³-hybridized carbons (Fsp3) is 0.263. The minimum absolute atomic E-state index is 0.0264. The number of esters is 1. The first kappa shape index (κ1) is 21.2. The highest BCUT2D eigenvalue weighted by Crippen LogP contribution is 2.26. The Morgan fingerprint density at radius 1 is 1.11 bits per heavy atom. The molecule has 2 aromatic rings. The number of ketones is 1. The van der Waals surface area contributed by atoms with Crippen molar-refractivity contribution in [3.05, 3.63) is 62.5 Å². The summed E-state index contributed by atoms with van der Waals surface area (Å²) in [7, 11) is -3.71. The van der Waals surface area contributed by atoms with Crippen LogP contribution in [0.1, 0.15) is 40.5 Å². The average molecular weight is 531 g/mol. The summed E-state index contributed by atoms with van der Waals surface area (Å²) in [6, 6.07) is 10.8. The van der Waals surface area contributed by atoms with Crippen molar-refractivity contribution in [2.45, 2.75) is 36.8 Å². The van der Waals surface area contributed by atoms with E-state index in [0.717, 1.165) is 17.3 Å². The van der Waals surface area contributed by atoms with Crippen LogP contribution in [0.3, 0.4) is 0 Å². The van der Waals surface area contributed by atoms with Crippen LogP contribution < -0.4 is 4.72 Å². The van der Waals surface area contributed by atoms with Crippen LogP contribution in [-0.4, -0.2) is 32.3 Å². The smallest absolute Gasteiger partial charge is 0.340 e. The molecule has 0 spiro atoms. The van der Waals surface area contributed by atoms with E-state index >= 15 is 0 Å². The average Bonchev–Trinajstić information content (AvgIpc) is 3.45. The zero-order valence-corrected chi connectivity index (χ0v) is 18.8. The number of halogens is 2. The first-order valence-electron chi connectivity index (χ1n) is 8.50. The van der Waals surface area contributed by atoms with Gasteiger partial charge < -0.3 is 4.74 Å². The van der Waals surface area contributed by atoms with Crippen LogP contribution in [0.15, 0.2) is 56.3 Å². The Morgan fingerprint density at radius 3 is 2.36 bits per heavy atom. The maximum absolute atomic E-state index is 12.6. The monoisotopic (exact) mass is 529 g/mol. The third-order valence-corrected chi connectivity index (χ3v) is 6.89. The molecule has 28 heavy (non-hydrogen) atoms. The van der Waals surface area contributed by atoms with Gasteiger partial charge in [0.15, 0.2) is 6.10 Å². The van der Waals surface area contributed by atoms with Crippen LogP contribution in [0, 0.1) is 0 Å². The zero-order chi connectivity index (χ0) is 20.5. The third-order valence-electron chi connectivity index (χ3n) is 4.15.